The number of allylic oxidation sites excluding steroid dienone is 2. The van der Waals surface area contributed by atoms with Gasteiger partial charge in [0.25, 0.3) is 0 Å². The maximum absolute atomic E-state index is 2.41. The van der Waals surface area contributed by atoms with E-state index in [0.717, 1.165) is 11.8 Å². The summed E-state index contributed by atoms with van der Waals surface area (Å²) in [7, 11) is 0. The van der Waals surface area contributed by atoms with Crippen LogP contribution in [0.25, 0.3) is 16.7 Å². The first-order chi connectivity index (χ1) is 13.3. The molecule has 5 rings (SSSR count). The highest BCUT2D eigenvalue weighted by atomic mass is 14.3. The van der Waals surface area contributed by atoms with Crippen LogP contribution in [0.5, 0.6) is 0 Å². The van der Waals surface area contributed by atoms with E-state index in [1.165, 1.54) is 75.3 Å². The molecule has 0 atom stereocenters. The van der Waals surface area contributed by atoms with Crippen molar-refractivity contribution in [3.8, 4) is 11.1 Å². The predicted molar refractivity (Wildman–Crippen MR) is 116 cm³/mol. The standard InChI is InChI=1S/C27H32/c1-19-26(22-10-5-6-11-22)18-24-12-7-13-25(27(19)24)23-16-14-21(15-17-23)20-8-3-2-4-9-20/h7,12-17,20,22H,2-6,8-11,18H2,1H3. The molecule has 0 unspecified atom stereocenters. The normalized spacial score (nSPS) is 21.1. The molecule has 2 saturated carbocycles. The highest BCUT2D eigenvalue weighted by molar-refractivity contribution is 5.87. The molecule has 27 heavy (non-hydrogen) atoms. The molecule has 0 aliphatic heterocycles. The lowest BCUT2D eigenvalue weighted by Crippen LogP contribution is -2.04. The fourth-order valence-corrected chi connectivity index (χ4v) is 6.02. The molecule has 2 aromatic carbocycles. The Morgan fingerprint density at radius 1 is 0.704 bits per heavy atom. The average molecular weight is 357 g/mol. The van der Waals surface area contributed by atoms with Gasteiger partial charge in [-0.15, -0.1) is 0 Å². The average Bonchev–Trinajstić information content (AvgIpc) is 3.37. The zero-order valence-corrected chi connectivity index (χ0v) is 16.8. The molecule has 3 aliphatic carbocycles. The van der Waals surface area contributed by atoms with Crippen molar-refractivity contribution in [1.82, 2.24) is 0 Å². The Bertz CT molecular complexity index is 840. The Hall–Kier alpha value is -1.82. The first-order valence-electron chi connectivity index (χ1n) is 11.2. The molecule has 0 bridgehead atoms. The van der Waals surface area contributed by atoms with Crippen molar-refractivity contribution >= 4 is 5.57 Å². The molecule has 0 spiro atoms. The lowest BCUT2D eigenvalue weighted by atomic mass is 9.83. The topological polar surface area (TPSA) is 0 Å². The minimum Gasteiger partial charge on any atom is -0.0613 e. The number of benzene rings is 2. The minimum atomic E-state index is 0.796. The van der Waals surface area contributed by atoms with Gasteiger partial charge in [-0.2, -0.15) is 0 Å². The van der Waals surface area contributed by atoms with Gasteiger partial charge < -0.3 is 0 Å². The summed E-state index contributed by atoms with van der Waals surface area (Å²) in [5, 5.41) is 0. The Kier molecular flexibility index (Phi) is 4.68. The van der Waals surface area contributed by atoms with Crippen molar-refractivity contribution in [2.24, 2.45) is 5.92 Å². The van der Waals surface area contributed by atoms with E-state index in [1.807, 2.05) is 0 Å². The smallest absolute Gasteiger partial charge is 0.00521 e. The number of hydrogen-bond donors (Lipinski definition) is 0. The van der Waals surface area contributed by atoms with Gasteiger partial charge in [0.05, 0.1) is 0 Å². The molecule has 0 heterocycles. The van der Waals surface area contributed by atoms with Gasteiger partial charge in [0, 0.05) is 0 Å². The van der Waals surface area contributed by atoms with Gasteiger partial charge >= 0.3 is 0 Å². The van der Waals surface area contributed by atoms with Crippen LogP contribution in [0.15, 0.2) is 48.0 Å². The summed E-state index contributed by atoms with van der Waals surface area (Å²) in [5.74, 6) is 1.64. The van der Waals surface area contributed by atoms with Crippen molar-refractivity contribution in [3.63, 3.8) is 0 Å². The molecule has 0 saturated heterocycles. The van der Waals surface area contributed by atoms with Gasteiger partial charge in [0.2, 0.25) is 0 Å². The first kappa shape index (κ1) is 17.3. The van der Waals surface area contributed by atoms with Crippen molar-refractivity contribution in [1.29, 1.82) is 0 Å². The van der Waals surface area contributed by atoms with Gasteiger partial charge in [0.15, 0.2) is 0 Å². The molecule has 0 N–H and O–H groups in total. The second kappa shape index (κ2) is 7.30. The van der Waals surface area contributed by atoms with Crippen molar-refractivity contribution in [2.45, 2.75) is 77.0 Å². The molecule has 0 amide bonds. The molecule has 3 aliphatic rings. The third-order valence-electron chi connectivity index (χ3n) is 7.53. The van der Waals surface area contributed by atoms with Gasteiger partial charge in [0.1, 0.15) is 0 Å². The predicted octanol–water partition coefficient (Wildman–Crippen LogP) is 7.92. The summed E-state index contributed by atoms with van der Waals surface area (Å²) >= 11 is 0. The lowest BCUT2D eigenvalue weighted by Gasteiger charge is -2.22. The summed E-state index contributed by atoms with van der Waals surface area (Å²) in [5.41, 5.74) is 10.8. The zero-order chi connectivity index (χ0) is 18.2. The SMILES string of the molecule is CC1=C(C2CCCC2)Cc2cccc(-c3ccc(C4CCCCC4)cc3)c21. The molecule has 0 nitrogen and oxygen atoms in total. The van der Waals surface area contributed by atoms with Crippen LogP contribution < -0.4 is 0 Å². The van der Waals surface area contributed by atoms with E-state index >= 15 is 0 Å². The highest BCUT2D eigenvalue weighted by Crippen LogP contribution is 2.45. The van der Waals surface area contributed by atoms with Gasteiger partial charge in [-0.05, 0) is 84.3 Å². The molecular formula is C27H32. The monoisotopic (exact) mass is 356 g/mol. The van der Waals surface area contributed by atoms with E-state index in [-0.39, 0.29) is 0 Å². The Morgan fingerprint density at radius 2 is 1.37 bits per heavy atom. The molecule has 2 fully saturated rings. The number of fused-ring (bicyclic) bond motifs is 1. The van der Waals surface area contributed by atoms with Crippen LogP contribution in [-0.2, 0) is 6.42 Å². The van der Waals surface area contributed by atoms with E-state index in [9.17, 15) is 0 Å². The molecule has 0 heteroatoms. The third-order valence-corrected chi connectivity index (χ3v) is 7.53. The first-order valence-corrected chi connectivity index (χ1v) is 11.2. The van der Waals surface area contributed by atoms with Crippen molar-refractivity contribution in [2.75, 3.05) is 0 Å². The molecule has 0 radical (unpaired) electrons. The van der Waals surface area contributed by atoms with Crippen LogP contribution in [0.1, 0.15) is 87.3 Å². The number of rotatable bonds is 3. The number of hydrogen-bond acceptors (Lipinski definition) is 0. The van der Waals surface area contributed by atoms with E-state index in [1.54, 1.807) is 27.8 Å². The summed E-state index contributed by atoms with van der Waals surface area (Å²) in [6.45, 7) is 2.39. The Labute approximate surface area is 164 Å². The van der Waals surface area contributed by atoms with Gasteiger partial charge in [-0.1, -0.05) is 80.1 Å². The third kappa shape index (κ3) is 3.18. The fraction of sp³-hybridized carbons (Fsp3) is 0.481. The Morgan fingerprint density at radius 3 is 2.11 bits per heavy atom. The fourth-order valence-electron chi connectivity index (χ4n) is 6.02. The molecule has 0 aromatic heterocycles. The Balaban J connectivity index is 1.47. The van der Waals surface area contributed by atoms with E-state index in [2.05, 4.69) is 49.4 Å². The van der Waals surface area contributed by atoms with Crippen LogP contribution in [0.4, 0.5) is 0 Å². The van der Waals surface area contributed by atoms with Crippen LogP contribution >= 0.6 is 0 Å². The van der Waals surface area contributed by atoms with Crippen LogP contribution in [0.2, 0.25) is 0 Å². The van der Waals surface area contributed by atoms with Gasteiger partial charge in [-0.25, -0.2) is 0 Å². The lowest BCUT2D eigenvalue weighted by molar-refractivity contribution is 0.443. The maximum atomic E-state index is 2.41. The second-order valence-corrected chi connectivity index (χ2v) is 9.11. The minimum absolute atomic E-state index is 0.796. The maximum Gasteiger partial charge on any atom is -0.00521 e. The van der Waals surface area contributed by atoms with Gasteiger partial charge in [-0.3, -0.25) is 0 Å². The van der Waals surface area contributed by atoms with E-state index in [4.69, 9.17) is 0 Å². The largest absolute Gasteiger partial charge is 0.0613 e. The quantitative estimate of drug-likeness (QED) is 0.524. The van der Waals surface area contributed by atoms with Crippen molar-refractivity contribution < 1.29 is 0 Å². The van der Waals surface area contributed by atoms with Crippen LogP contribution in [0.3, 0.4) is 0 Å². The molecular weight excluding hydrogens is 324 g/mol. The summed E-state index contributed by atoms with van der Waals surface area (Å²) in [6, 6.07) is 16.6. The second-order valence-electron chi connectivity index (χ2n) is 9.11. The van der Waals surface area contributed by atoms with Crippen molar-refractivity contribution in [3.05, 3.63) is 64.7 Å². The molecule has 140 valence electrons. The summed E-state index contributed by atoms with van der Waals surface area (Å²) in [4.78, 5) is 0. The highest BCUT2D eigenvalue weighted by Gasteiger charge is 2.28. The van der Waals surface area contributed by atoms with E-state index < -0.39 is 0 Å². The zero-order valence-electron chi connectivity index (χ0n) is 16.8. The van der Waals surface area contributed by atoms with E-state index in [0.29, 0.717) is 0 Å². The molecule has 2 aromatic rings. The van der Waals surface area contributed by atoms with Crippen LogP contribution in [0, 0.1) is 5.92 Å². The van der Waals surface area contributed by atoms with Crippen LogP contribution in [-0.4, -0.2) is 0 Å². The summed E-state index contributed by atoms with van der Waals surface area (Å²) in [6.07, 6.45) is 13.9. The summed E-state index contributed by atoms with van der Waals surface area (Å²) < 4.78 is 0.